The van der Waals surface area contributed by atoms with Gasteiger partial charge in [0.1, 0.15) is 5.25 Å². The van der Waals surface area contributed by atoms with Crippen molar-refractivity contribution in [3.8, 4) is 11.5 Å². The van der Waals surface area contributed by atoms with E-state index in [0.717, 1.165) is 34.9 Å². The molecule has 1 fully saturated rings. The van der Waals surface area contributed by atoms with Gasteiger partial charge in [-0.05, 0) is 30.3 Å². The Morgan fingerprint density at radius 2 is 1.97 bits per heavy atom. The minimum absolute atomic E-state index is 0.0703. The minimum Gasteiger partial charge on any atom is -0.411 e. The number of nitrogens with zero attached hydrogens (tertiary/aromatic N) is 4. The number of carbonyl (C=O) groups is 2. The van der Waals surface area contributed by atoms with Crippen LogP contribution in [0, 0.1) is 0 Å². The molecule has 3 aromatic rings. The van der Waals surface area contributed by atoms with E-state index in [9.17, 15) is 22.8 Å². The second kappa shape index (κ2) is 7.32. The molecule has 7 nitrogen and oxygen atoms in total. The number of hydrogen-bond donors (Lipinski definition) is 0. The molecule has 0 bridgehead atoms. The Kier molecular flexibility index (Phi) is 4.82. The highest BCUT2D eigenvalue weighted by atomic mass is 32.2. The smallest absolute Gasteiger partial charge is 0.411 e. The molecule has 0 aliphatic carbocycles. The zero-order valence-electron chi connectivity index (χ0n) is 14.5. The summed E-state index contributed by atoms with van der Waals surface area (Å²) in [4.78, 5) is 29.7. The number of thioether (sulfide) groups is 1. The van der Waals surface area contributed by atoms with Gasteiger partial charge in [0.15, 0.2) is 0 Å². The maximum Gasteiger partial charge on any atom is 0.416 e. The number of imide groups is 1. The third kappa shape index (κ3) is 3.86. The molecule has 1 atom stereocenters. The van der Waals surface area contributed by atoms with Gasteiger partial charge in [0.25, 0.3) is 5.22 Å². The summed E-state index contributed by atoms with van der Waals surface area (Å²) in [5.41, 5.74) is -0.476. The Hall–Kier alpha value is -3.21. The van der Waals surface area contributed by atoms with Crippen LogP contribution in [0.15, 0.2) is 58.4 Å². The number of aromatic nitrogens is 3. The lowest BCUT2D eigenvalue weighted by Gasteiger charge is -2.16. The van der Waals surface area contributed by atoms with Gasteiger partial charge >= 0.3 is 6.18 Å². The summed E-state index contributed by atoms with van der Waals surface area (Å²) < 4.78 is 44.3. The molecule has 11 heteroatoms. The van der Waals surface area contributed by atoms with Crippen LogP contribution in [-0.2, 0) is 15.8 Å². The second-order valence-electron chi connectivity index (χ2n) is 6.04. The highest BCUT2D eigenvalue weighted by molar-refractivity contribution is 8.00. The molecule has 2 amide bonds. The molecule has 3 heterocycles. The minimum atomic E-state index is -4.58. The highest BCUT2D eigenvalue weighted by Crippen LogP contribution is 2.36. The van der Waals surface area contributed by atoms with Gasteiger partial charge in [-0.25, -0.2) is 4.90 Å². The Labute approximate surface area is 165 Å². The normalized spacial score (nSPS) is 17.2. The molecule has 0 radical (unpaired) electrons. The summed E-state index contributed by atoms with van der Waals surface area (Å²) >= 11 is 0.892. The average molecular weight is 420 g/mol. The van der Waals surface area contributed by atoms with Crippen LogP contribution < -0.4 is 4.90 Å². The van der Waals surface area contributed by atoms with E-state index in [2.05, 4.69) is 15.2 Å². The van der Waals surface area contributed by atoms with Gasteiger partial charge in [-0.3, -0.25) is 14.6 Å². The third-order valence-corrected chi connectivity index (χ3v) is 5.11. The number of hydrogen-bond acceptors (Lipinski definition) is 7. The molecule has 1 aromatic carbocycles. The number of pyridine rings is 1. The molecule has 2 aromatic heterocycles. The molecule has 0 spiro atoms. The molecule has 29 heavy (non-hydrogen) atoms. The van der Waals surface area contributed by atoms with Gasteiger partial charge in [-0.1, -0.05) is 17.8 Å². The van der Waals surface area contributed by atoms with Crippen molar-refractivity contribution in [2.75, 3.05) is 4.90 Å². The fourth-order valence-corrected chi connectivity index (χ4v) is 3.66. The summed E-state index contributed by atoms with van der Waals surface area (Å²) in [6.07, 6.45) is -1.66. The number of carbonyl (C=O) groups excluding carboxylic acids is 2. The topological polar surface area (TPSA) is 89.2 Å². The number of anilines is 1. The molecule has 1 saturated heterocycles. The van der Waals surface area contributed by atoms with Crippen LogP contribution in [-0.4, -0.2) is 32.2 Å². The summed E-state index contributed by atoms with van der Waals surface area (Å²) in [6.45, 7) is 0. The highest BCUT2D eigenvalue weighted by Gasteiger charge is 2.42. The largest absolute Gasteiger partial charge is 0.416 e. The van der Waals surface area contributed by atoms with Crippen molar-refractivity contribution in [2.24, 2.45) is 0 Å². The lowest BCUT2D eigenvalue weighted by atomic mass is 10.2. The van der Waals surface area contributed by atoms with Crippen LogP contribution >= 0.6 is 11.8 Å². The third-order valence-electron chi connectivity index (χ3n) is 4.09. The van der Waals surface area contributed by atoms with Crippen molar-refractivity contribution in [3.63, 3.8) is 0 Å². The van der Waals surface area contributed by atoms with E-state index in [-0.39, 0.29) is 23.2 Å². The monoisotopic (exact) mass is 420 g/mol. The SMILES string of the molecule is O=C1CC(Sc2nnc(-c3cccnc3)o2)C(=O)N1c1cccc(C(F)(F)F)c1. The Morgan fingerprint density at radius 3 is 2.69 bits per heavy atom. The van der Waals surface area contributed by atoms with Gasteiger partial charge in [-0.2, -0.15) is 13.2 Å². The summed E-state index contributed by atoms with van der Waals surface area (Å²) in [5.74, 6) is -1.04. The predicted molar refractivity (Wildman–Crippen MR) is 95.7 cm³/mol. The molecular weight excluding hydrogens is 409 g/mol. The fraction of sp³-hybridized carbons (Fsp3) is 0.167. The van der Waals surface area contributed by atoms with E-state index in [4.69, 9.17) is 4.42 Å². The van der Waals surface area contributed by atoms with Crippen LogP contribution in [0.5, 0.6) is 0 Å². The summed E-state index contributed by atoms with van der Waals surface area (Å²) in [5, 5.41) is 6.92. The zero-order valence-corrected chi connectivity index (χ0v) is 15.3. The van der Waals surface area contributed by atoms with Crippen molar-refractivity contribution in [3.05, 3.63) is 54.4 Å². The van der Waals surface area contributed by atoms with Gasteiger partial charge in [0.2, 0.25) is 17.7 Å². The fourth-order valence-electron chi connectivity index (χ4n) is 2.77. The van der Waals surface area contributed by atoms with Crippen LogP contribution in [0.25, 0.3) is 11.5 Å². The van der Waals surface area contributed by atoms with E-state index < -0.39 is 28.8 Å². The van der Waals surface area contributed by atoms with Gasteiger partial charge in [0.05, 0.1) is 16.8 Å². The second-order valence-corrected chi connectivity index (χ2v) is 7.19. The summed E-state index contributed by atoms with van der Waals surface area (Å²) in [7, 11) is 0. The molecule has 0 N–H and O–H groups in total. The van der Waals surface area contributed by atoms with Crippen LogP contribution in [0.2, 0.25) is 0 Å². The van der Waals surface area contributed by atoms with Crippen molar-refractivity contribution in [1.82, 2.24) is 15.2 Å². The Bertz CT molecular complexity index is 1070. The standard InChI is InChI=1S/C18H11F3N4O3S/c19-18(20,21)11-4-1-5-12(7-11)25-14(26)8-13(16(25)27)29-17-24-23-15(28-17)10-3-2-6-22-9-10/h1-7,9,13H,8H2. The summed E-state index contributed by atoms with van der Waals surface area (Å²) in [6, 6.07) is 7.49. The number of rotatable bonds is 4. The Balaban J connectivity index is 1.53. The van der Waals surface area contributed by atoms with E-state index >= 15 is 0 Å². The van der Waals surface area contributed by atoms with Gasteiger partial charge < -0.3 is 4.42 Å². The first-order valence-electron chi connectivity index (χ1n) is 8.27. The van der Waals surface area contributed by atoms with Crippen molar-refractivity contribution >= 4 is 29.3 Å². The van der Waals surface area contributed by atoms with E-state index in [1.54, 1.807) is 18.3 Å². The molecular formula is C18H11F3N4O3S. The molecule has 1 aliphatic heterocycles. The number of alkyl halides is 3. The lowest BCUT2D eigenvalue weighted by Crippen LogP contribution is -2.31. The van der Waals surface area contributed by atoms with E-state index in [0.29, 0.717) is 5.56 Å². The molecule has 1 unspecified atom stereocenters. The van der Waals surface area contributed by atoms with Crippen molar-refractivity contribution in [2.45, 2.75) is 23.1 Å². The average Bonchev–Trinajstić information content (AvgIpc) is 3.27. The van der Waals surface area contributed by atoms with E-state index in [1.807, 2.05) is 0 Å². The lowest BCUT2D eigenvalue weighted by molar-refractivity contribution is -0.137. The van der Waals surface area contributed by atoms with Gasteiger partial charge in [0, 0.05) is 18.8 Å². The first-order valence-corrected chi connectivity index (χ1v) is 9.15. The number of amides is 2. The maximum absolute atomic E-state index is 12.9. The predicted octanol–water partition coefficient (Wildman–Crippen LogP) is 3.57. The quantitative estimate of drug-likeness (QED) is 0.596. The molecule has 4 rings (SSSR count). The van der Waals surface area contributed by atoms with E-state index in [1.165, 1.54) is 12.3 Å². The van der Waals surface area contributed by atoms with Crippen LogP contribution in [0.3, 0.4) is 0 Å². The number of benzene rings is 1. The van der Waals surface area contributed by atoms with Crippen LogP contribution in [0.4, 0.5) is 18.9 Å². The van der Waals surface area contributed by atoms with Crippen LogP contribution in [0.1, 0.15) is 12.0 Å². The first-order chi connectivity index (χ1) is 13.8. The number of halogens is 3. The van der Waals surface area contributed by atoms with Gasteiger partial charge in [-0.15, -0.1) is 10.2 Å². The zero-order chi connectivity index (χ0) is 20.6. The first kappa shape index (κ1) is 19.1. The maximum atomic E-state index is 12.9. The van der Waals surface area contributed by atoms with Crippen molar-refractivity contribution in [1.29, 1.82) is 0 Å². The Morgan fingerprint density at radius 1 is 1.14 bits per heavy atom. The van der Waals surface area contributed by atoms with Crippen molar-refractivity contribution < 1.29 is 27.2 Å². The molecule has 0 saturated carbocycles. The molecule has 1 aliphatic rings. The molecule has 148 valence electrons.